The van der Waals surface area contributed by atoms with Crippen molar-refractivity contribution < 1.29 is 14.2 Å². The molecule has 0 aliphatic heterocycles. The van der Waals surface area contributed by atoms with Crippen LogP contribution in [0.1, 0.15) is 60.3 Å². The van der Waals surface area contributed by atoms with E-state index in [1.807, 2.05) is 0 Å². The topological polar surface area (TPSA) is 27.7 Å². The van der Waals surface area contributed by atoms with Crippen molar-refractivity contribution in [3.05, 3.63) is 0 Å². The van der Waals surface area contributed by atoms with Crippen molar-refractivity contribution in [2.75, 3.05) is 26.9 Å². The van der Waals surface area contributed by atoms with Crippen molar-refractivity contribution in [2.45, 2.75) is 71.5 Å². The molecule has 0 aromatic rings. The van der Waals surface area contributed by atoms with E-state index in [1.165, 1.54) is 0 Å². The van der Waals surface area contributed by atoms with Gasteiger partial charge in [-0.15, -0.1) is 0 Å². The molecule has 0 spiro atoms. The van der Waals surface area contributed by atoms with Crippen LogP contribution in [0.15, 0.2) is 0 Å². The van der Waals surface area contributed by atoms with Crippen molar-refractivity contribution in [1.29, 1.82) is 0 Å². The highest BCUT2D eigenvalue weighted by Gasteiger charge is 2.26. The fourth-order valence-corrected chi connectivity index (χ4v) is 1.89. The van der Waals surface area contributed by atoms with Gasteiger partial charge in [0.25, 0.3) is 0 Å². The van der Waals surface area contributed by atoms with Crippen LogP contribution in [-0.2, 0) is 14.2 Å². The molecule has 3 nitrogen and oxygen atoms in total. The fourth-order valence-electron chi connectivity index (χ4n) is 1.89. The lowest BCUT2D eigenvalue weighted by molar-refractivity contribution is -0.0806. The predicted octanol–water partition coefficient (Wildman–Crippen LogP) is 3.80. The first-order chi connectivity index (χ1) is 8.39. The summed E-state index contributed by atoms with van der Waals surface area (Å²) in [4.78, 5) is 0. The van der Waals surface area contributed by atoms with Gasteiger partial charge in [0.05, 0.1) is 11.2 Å². The number of hydrogen-bond donors (Lipinski definition) is 0. The molecule has 0 bridgehead atoms. The van der Waals surface area contributed by atoms with E-state index in [1.54, 1.807) is 7.11 Å². The average Bonchev–Trinajstić information content (AvgIpc) is 2.32. The zero-order valence-electron chi connectivity index (χ0n) is 13.2. The Labute approximate surface area is 113 Å². The molecule has 0 aromatic carbocycles. The molecule has 0 saturated carbocycles. The lowest BCUT2D eigenvalue weighted by Gasteiger charge is -2.32. The normalized spacial score (nSPS) is 13.0. The van der Waals surface area contributed by atoms with Gasteiger partial charge in [-0.05, 0) is 46.5 Å². The van der Waals surface area contributed by atoms with Crippen LogP contribution in [-0.4, -0.2) is 38.1 Å². The smallest absolute Gasteiger partial charge is 0.0699 e. The van der Waals surface area contributed by atoms with Crippen molar-refractivity contribution in [3.8, 4) is 0 Å². The van der Waals surface area contributed by atoms with Crippen molar-refractivity contribution in [1.82, 2.24) is 0 Å². The highest BCUT2D eigenvalue weighted by molar-refractivity contribution is 4.77. The van der Waals surface area contributed by atoms with Crippen molar-refractivity contribution >= 4 is 0 Å². The Morgan fingerprint density at radius 3 is 1.83 bits per heavy atom. The predicted molar refractivity (Wildman–Crippen MR) is 76.1 cm³/mol. The van der Waals surface area contributed by atoms with E-state index >= 15 is 0 Å². The number of hydrogen-bond acceptors (Lipinski definition) is 3. The van der Waals surface area contributed by atoms with Crippen LogP contribution in [0.3, 0.4) is 0 Å². The number of rotatable bonds is 10. The molecule has 18 heavy (non-hydrogen) atoms. The molecule has 0 heterocycles. The summed E-state index contributed by atoms with van der Waals surface area (Å²) >= 11 is 0. The summed E-state index contributed by atoms with van der Waals surface area (Å²) in [5.41, 5.74) is -0.0691. The molecule has 0 fully saturated rings. The number of ether oxygens (including phenoxy) is 3. The van der Waals surface area contributed by atoms with E-state index in [0.29, 0.717) is 0 Å². The van der Waals surface area contributed by atoms with Gasteiger partial charge in [-0.2, -0.15) is 0 Å². The molecule has 0 amide bonds. The van der Waals surface area contributed by atoms with Crippen LogP contribution in [0.25, 0.3) is 0 Å². The van der Waals surface area contributed by atoms with Crippen LogP contribution in [0, 0.1) is 0 Å². The fraction of sp³-hybridized carbons (Fsp3) is 1.00. The Morgan fingerprint density at radius 2 is 1.39 bits per heavy atom. The quantitative estimate of drug-likeness (QED) is 0.559. The molecular formula is C15H32O3. The molecule has 0 radical (unpaired) electrons. The van der Waals surface area contributed by atoms with Gasteiger partial charge in [0.15, 0.2) is 0 Å². The summed E-state index contributed by atoms with van der Waals surface area (Å²) in [6.45, 7) is 12.9. The van der Waals surface area contributed by atoms with Crippen LogP contribution in [0.5, 0.6) is 0 Å². The maximum atomic E-state index is 6.08. The summed E-state index contributed by atoms with van der Waals surface area (Å²) in [7, 11) is 1.74. The Bertz CT molecular complexity index is 192. The van der Waals surface area contributed by atoms with Gasteiger partial charge in [0.1, 0.15) is 0 Å². The van der Waals surface area contributed by atoms with E-state index in [2.05, 4.69) is 34.6 Å². The summed E-state index contributed by atoms with van der Waals surface area (Å²) in [5.74, 6) is 0. The largest absolute Gasteiger partial charge is 0.385 e. The second-order valence-electron chi connectivity index (χ2n) is 5.80. The van der Waals surface area contributed by atoms with Crippen LogP contribution in [0.2, 0.25) is 0 Å². The molecule has 0 aromatic heterocycles. The van der Waals surface area contributed by atoms with E-state index in [4.69, 9.17) is 14.2 Å². The summed E-state index contributed by atoms with van der Waals surface area (Å²) in [5, 5.41) is 0. The minimum Gasteiger partial charge on any atom is -0.385 e. The zero-order chi connectivity index (χ0) is 14.1. The summed E-state index contributed by atoms with van der Waals surface area (Å²) in [6, 6.07) is 0. The molecule has 0 rings (SSSR count). The Hall–Kier alpha value is -0.120. The second kappa shape index (κ2) is 8.89. The molecule has 0 unspecified atom stereocenters. The minimum absolute atomic E-state index is 0.0161. The molecule has 0 saturated heterocycles. The van der Waals surface area contributed by atoms with Gasteiger partial charge in [0, 0.05) is 26.9 Å². The highest BCUT2D eigenvalue weighted by atomic mass is 16.5. The number of methoxy groups -OCH3 is 1. The monoisotopic (exact) mass is 260 g/mol. The maximum Gasteiger partial charge on any atom is 0.0699 e. The second-order valence-corrected chi connectivity index (χ2v) is 5.80. The molecule has 3 heteroatoms. The Balaban J connectivity index is 3.90. The highest BCUT2D eigenvalue weighted by Crippen LogP contribution is 2.25. The molecule has 110 valence electrons. The van der Waals surface area contributed by atoms with Crippen LogP contribution >= 0.6 is 0 Å². The first-order valence-corrected chi connectivity index (χ1v) is 7.16. The molecule has 0 aliphatic carbocycles. The minimum atomic E-state index is -0.0529. The third-order valence-electron chi connectivity index (χ3n) is 3.28. The summed E-state index contributed by atoms with van der Waals surface area (Å²) in [6.07, 6.45) is 3.99. The van der Waals surface area contributed by atoms with Gasteiger partial charge >= 0.3 is 0 Å². The van der Waals surface area contributed by atoms with Gasteiger partial charge in [0.2, 0.25) is 0 Å². The van der Waals surface area contributed by atoms with Crippen LogP contribution in [0.4, 0.5) is 0 Å². The SMILES string of the molecule is CCC(CC)(CCOC)OCCCOC(C)(C)C. The van der Waals surface area contributed by atoms with E-state index in [0.717, 1.165) is 45.5 Å². The first kappa shape index (κ1) is 17.9. The third kappa shape index (κ3) is 8.06. The maximum absolute atomic E-state index is 6.08. The van der Waals surface area contributed by atoms with Crippen molar-refractivity contribution in [2.24, 2.45) is 0 Å². The zero-order valence-corrected chi connectivity index (χ0v) is 13.2. The summed E-state index contributed by atoms with van der Waals surface area (Å²) < 4.78 is 16.9. The molecule has 0 N–H and O–H groups in total. The molecule has 0 aliphatic rings. The Morgan fingerprint density at radius 1 is 0.833 bits per heavy atom. The first-order valence-electron chi connectivity index (χ1n) is 7.16. The van der Waals surface area contributed by atoms with E-state index < -0.39 is 0 Å². The van der Waals surface area contributed by atoms with E-state index in [9.17, 15) is 0 Å². The molecule has 0 atom stereocenters. The van der Waals surface area contributed by atoms with Gasteiger partial charge in [-0.1, -0.05) is 13.8 Å². The molecular weight excluding hydrogens is 228 g/mol. The standard InChI is InChI=1S/C15H32O3/c1-7-15(8-2,10-13-16-6)18-12-9-11-17-14(3,4)5/h7-13H2,1-6H3. The Kier molecular flexibility index (Phi) is 8.83. The van der Waals surface area contributed by atoms with Crippen LogP contribution < -0.4 is 0 Å². The third-order valence-corrected chi connectivity index (χ3v) is 3.28. The van der Waals surface area contributed by atoms with Gasteiger partial charge in [-0.3, -0.25) is 0 Å². The van der Waals surface area contributed by atoms with Crippen molar-refractivity contribution in [3.63, 3.8) is 0 Å². The van der Waals surface area contributed by atoms with Gasteiger partial charge in [-0.25, -0.2) is 0 Å². The lowest BCUT2D eigenvalue weighted by atomic mass is 9.93. The van der Waals surface area contributed by atoms with E-state index in [-0.39, 0.29) is 11.2 Å². The average molecular weight is 260 g/mol. The van der Waals surface area contributed by atoms with Gasteiger partial charge < -0.3 is 14.2 Å². The lowest BCUT2D eigenvalue weighted by Crippen LogP contribution is -2.33.